The van der Waals surface area contributed by atoms with Gasteiger partial charge in [-0.05, 0) is 92.8 Å². The molecule has 1 aromatic heterocycles. The van der Waals surface area contributed by atoms with Crippen molar-refractivity contribution in [2.24, 2.45) is 34.5 Å². The zero-order valence-corrected chi connectivity index (χ0v) is 15.8. The topological polar surface area (TPSA) is 68.9 Å². The minimum atomic E-state index is -0.502. The van der Waals surface area contributed by atoms with Crippen LogP contribution < -0.4 is 5.56 Å². The number of rotatable bonds is 0. The van der Waals surface area contributed by atoms with Crippen molar-refractivity contribution in [1.29, 1.82) is 0 Å². The first-order valence-electron chi connectivity index (χ1n) is 10.3. The molecule has 7 atom stereocenters. The van der Waals surface area contributed by atoms with E-state index in [1.807, 2.05) is 0 Å². The Morgan fingerprint density at radius 3 is 2.56 bits per heavy atom. The summed E-state index contributed by atoms with van der Waals surface area (Å²) in [6.07, 6.45) is 9.06. The van der Waals surface area contributed by atoms with Gasteiger partial charge in [-0.2, -0.15) is 0 Å². The van der Waals surface area contributed by atoms with Gasteiger partial charge in [0.25, 0.3) is 5.56 Å². The minimum absolute atomic E-state index is 0.0861. The van der Waals surface area contributed by atoms with Gasteiger partial charge in [-0.25, -0.2) is 0 Å². The molecule has 0 saturated heterocycles. The maximum atomic E-state index is 12.2. The van der Waals surface area contributed by atoms with Crippen molar-refractivity contribution in [3.8, 4) is 0 Å². The second-order valence-electron chi connectivity index (χ2n) is 10.3. The lowest BCUT2D eigenvalue weighted by atomic mass is 9.44. The normalized spacial score (nSPS) is 51.4. The zero-order chi connectivity index (χ0) is 17.6. The van der Waals surface area contributed by atoms with Gasteiger partial charge in [0, 0.05) is 11.3 Å². The number of fused-ring (bicyclic) bond motifs is 6. The first-order valence-corrected chi connectivity index (χ1v) is 10.3. The zero-order valence-electron chi connectivity index (χ0n) is 15.8. The molecule has 3 saturated carbocycles. The van der Waals surface area contributed by atoms with Gasteiger partial charge in [0.15, 0.2) is 0 Å². The molecule has 0 amide bonds. The predicted molar refractivity (Wildman–Crippen MR) is 97.3 cm³/mol. The van der Waals surface area contributed by atoms with Crippen molar-refractivity contribution in [1.82, 2.24) is 10.2 Å². The van der Waals surface area contributed by atoms with Crippen LogP contribution in [0.2, 0.25) is 0 Å². The Kier molecular flexibility index (Phi) is 3.12. The van der Waals surface area contributed by atoms with Crippen LogP contribution in [0.3, 0.4) is 0 Å². The molecule has 0 bridgehead atoms. The molecule has 1 heterocycles. The summed E-state index contributed by atoms with van der Waals surface area (Å²) < 4.78 is 0. The number of hydrogen-bond acceptors (Lipinski definition) is 2. The summed E-state index contributed by atoms with van der Waals surface area (Å²) in [4.78, 5) is 12.2. The molecule has 0 spiro atoms. The van der Waals surface area contributed by atoms with Crippen LogP contribution in [0, 0.1) is 34.5 Å². The summed E-state index contributed by atoms with van der Waals surface area (Å²) in [5, 5.41) is 17.0. The summed E-state index contributed by atoms with van der Waals surface area (Å²) in [5.41, 5.74) is 2.12. The number of hydrogen-bond donors (Lipinski definition) is 3. The molecule has 0 aromatic carbocycles. The van der Waals surface area contributed by atoms with E-state index in [2.05, 4.69) is 31.0 Å². The SMILES string of the molecule is C[C@]12Cc3c([nH][nH]c3=O)C[C@@H]1CC[C@@H]1[C@@H]2CC[C@]2(C)[C@H]1CC[C@]2(C)O. The summed E-state index contributed by atoms with van der Waals surface area (Å²) in [5.74, 6) is 2.79. The first kappa shape index (κ1) is 16.2. The Labute approximate surface area is 149 Å². The highest BCUT2D eigenvalue weighted by atomic mass is 16.3. The van der Waals surface area contributed by atoms with E-state index in [0.29, 0.717) is 17.8 Å². The predicted octanol–water partition coefficient (Wildman–Crippen LogP) is 3.41. The van der Waals surface area contributed by atoms with Gasteiger partial charge in [0.05, 0.1) is 5.60 Å². The van der Waals surface area contributed by atoms with Crippen LogP contribution in [0.1, 0.15) is 70.6 Å². The molecule has 4 aliphatic rings. The third-order valence-electron chi connectivity index (χ3n) is 9.60. The van der Waals surface area contributed by atoms with Gasteiger partial charge in [-0.15, -0.1) is 0 Å². The van der Waals surface area contributed by atoms with E-state index < -0.39 is 5.60 Å². The summed E-state index contributed by atoms with van der Waals surface area (Å²) in [6.45, 7) is 6.90. The lowest BCUT2D eigenvalue weighted by molar-refractivity contribution is -0.139. The Balaban J connectivity index is 1.52. The molecular weight excluding hydrogens is 312 g/mol. The molecule has 0 unspecified atom stereocenters. The smallest absolute Gasteiger partial charge is 0.267 e. The lowest BCUT2D eigenvalue weighted by Gasteiger charge is -2.60. The van der Waals surface area contributed by atoms with E-state index in [9.17, 15) is 9.90 Å². The molecule has 3 fully saturated rings. The largest absolute Gasteiger partial charge is 0.390 e. The molecule has 138 valence electrons. The lowest BCUT2D eigenvalue weighted by Crippen LogP contribution is -2.56. The van der Waals surface area contributed by atoms with Crippen molar-refractivity contribution >= 4 is 0 Å². The second-order valence-corrected chi connectivity index (χ2v) is 10.3. The highest BCUT2D eigenvalue weighted by molar-refractivity contribution is 5.26. The van der Waals surface area contributed by atoms with Crippen molar-refractivity contribution in [3.63, 3.8) is 0 Å². The fraction of sp³-hybridized carbons (Fsp3) is 0.857. The summed E-state index contributed by atoms with van der Waals surface area (Å²) in [6, 6.07) is 0. The Morgan fingerprint density at radius 1 is 1.00 bits per heavy atom. The molecule has 4 aliphatic carbocycles. The number of aromatic amines is 2. The van der Waals surface area contributed by atoms with Gasteiger partial charge in [0.1, 0.15) is 0 Å². The average Bonchev–Trinajstić information content (AvgIpc) is 3.02. The van der Waals surface area contributed by atoms with Crippen molar-refractivity contribution in [2.45, 2.75) is 77.7 Å². The maximum absolute atomic E-state index is 12.2. The van der Waals surface area contributed by atoms with Crippen LogP contribution in [-0.4, -0.2) is 20.9 Å². The molecule has 25 heavy (non-hydrogen) atoms. The fourth-order valence-corrected chi connectivity index (χ4v) is 7.80. The molecule has 0 radical (unpaired) electrons. The van der Waals surface area contributed by atoms with E-state index in [1.54, 1.807) is 0 Å². The summed E-state index contributed by atoms with van der Waals surface area (Å²) in [7, 11) is 0. The van der Waals surface area contributed by atoms with E-state index in [4.69, 9.17) is 0 Å². The highest BCUT2D eigenvalue weighted by Gasteiger charge is 2.63. The maximum Gasteiger partial charge on any atom is 0.267 e. The van der Waals surface area contributed by atoms with Crippen LogP contribution in [0.5, 0.6) is 0 Å². The van der Waals surface area contributed by atoms with E-state index >= 15 is 0 Å². The van der Waals surface area contributed by atoms with Crippen molar-refractivity contribution < 1.29 is 5.11 Å². The van der Waals surface area contributed by atoms with Crippen LogP contribution >= 0.6 is 0 Å². The van der Waals surface area contributed by atoms with Gasteiger partial charge < -0.3 is 10.2 Å². The number of aromatic nitrogens is 2. The molecule has 5 rings (SSSR count). The molecule has 0 aliphatic heterocycles. The molecule has 4 nitrogen and oxygen atoms in total. The van der Waals surface area contributed by atoms with Crippen LogP contribution in [0.25, 0.3) is 0 Å². The van der Waals surface area contributed by atoms with Gasteiger partial charge in [-0.1, -0.05) is 13.8 Å². The molecule has 1 aromatic rings. The highest BCUT2D eigenvalue weighted by Crippen LogP contribution is 2.67. The van der Waals surface area contributed by atoms with E-state index in [0.717, 1.165) is 42.9 Å². The fourth-order valence-electron chi connectivity index (χ4n) is 7.80. The van der Waals surface area contributed by atoms with Gasteiger partial charge in [0.2, 0.25) is 0 Å². The van der Waals surface area contributed by atoms with Gasteiger partial charge in [-0.3, -0.25) is 9.89 Å². The number of nitrogens with one attached hydrogen (secondary N) is 2. The average molecular weight is 344 g/mol. The summed E-state index contributed by atoms with van der Waals surface area (Å²) >= 11 is 0. The first-order chi connectivity index (χ1) is 11.8. The van der Waals surface area contributed by atoms with Crippen LogP contribution in [0.4, 0.5) is 0 Å². The monoisotopic (exact) mass is 344 g/mol. The Morgan fingerprint density at radius 2 is 1.76 bits per heavy atom. The van der Waals surface area contributed by atoms with Crippen LogP contribution in [-0.2, 0) is 12.8 Å². The molecular formula is C21H32N2O2. The van der Waals surface area contributed by atoms with Crippen molar-refractivity contribution in [3.05, 3.63) is 21.6 Å². The standard InChI is InChI=1S/C21H32N2O2/c1-19-11-14-17(22-23-18(14)24)10-12(19)4-5-13-15(19)6-8-20(2)16(13)7-9-21(20,3)25/h12-13,15-16,25H,4-11H2,1-3H3,(H2,22,23,24)/t12-,13+,15-,16-,19-,20+,21-/m0/s1. The van der Waals surface area contributed by atoms with Gasteiger partial charge >= 0.3 is 0 Å². The molecule has 4 heteroatoms. The number of H-pyrrole nitrogens is 2. The van der Waals surface area contributed by atoms with Crippen LogP contribution in [0.15, 0.2) is 4.79 Å². The second kappa shape index (κ2) is 4.82. The Bertz CT molecular complexity index is 762. The Hall–Kier alpha value is -1.03. The third kappa shape index (κ3) is 1.90. The number of aliphatic hydroxyl groups is 1. The quantitative estimate of drug-likeness (QED) is 0.675. The van der Waals surface area contributed by atoms with E-state index in [-0.39, 0.29) is 16.4 Å². The molecule has 3 N–H and O–H groups in total. The third-order valence-corrected chi connectivity index (χ3v) is 9.60. The van der Waals surface area contributed by atoms with Crippen molar-refractivity contribution in [2.75, 3.05) is 0 Å². The van der Waals surface area contributed by atoms with E-state index in [1.165, 1.54) is 25.7 Å². The minimum Gasteiger partial charge on any atom is -0.390 e.